The average Bonchev–Trinajstić information content (AvgIpc) is 1.27. The van der Waals surface area contributed by atoms with Crippen LogP contribution in [0.3, 0.4) is 0 Å². The Hall–Kier alpha value is 0.590. The Labute approximate surface area is 55.4 Å². The van der Waals surface area contributed by atoms with E-state index in [-0.39, 0.29) is 10.3 Å². The van der Waals surface area contributed by atoms with Crippen LogP contribution in [0, 0.1) is 0 Å². The summed E-state index contributed by atoms with van der Waals surface area (Å²) in [5, 5.41) is 0. The van der Waals surface area contributed by atoms with E-state index >= 15 is 0 Å². The van der Waals surface area contributed by atoms with Gasteiger partial charge < -0.3 is 0 Å². The molecular formula is C4H7F2I. The van der Waals surface area contributed by atoms with E-state index in [4.69, 9.17) is 0 Å². The van der Waals surface area contributed by atoms with Gasteiger partial charge in [0, 0.05) is 10.3 Å². The zero-order chi connectivity index (χ0) is 5.86. The predicted octanol–water partition coefficient (Wildman–Crippen LogP) is 2.47. The number of hydrogen-bond acceptors (Lipinski definition) is 0. The molecule has 0 nitrogen and oxygen atoms in total. The molecule has 0 radical (unpaired) electrons. The average molecular weight is 220 g/mol. The van der Waals surface area contributed by atoms with Crippen molar-refractivity contribution >= 4 is 22.6 Å². The first-order chi connectivity index (χ1) is 3.13. The maximum Gasteiger partial charge on any atom is 0.239 e. The lowest BCUT2D eigenvalue weighted by Crippen LogP contribution is -1.98. The Balaban J connectivity index is 2.95. The molecule has 7 heavy (non-hydrogen) atoms. The van der Waals surface area contributed by atoms with E-state index in [0.717, 1.165) is 0 Å². The highest BCUT2D eigenvalue weighted by molar-refractivity contribution is 14.1. The predicted molar refractivity (Wildman–Crippen MR) is 34.1 cm³/mol. The molecule has 0 aliphatic carbocycles. The zero-order valence-corrected chi connectivity index (χ0v) is 6.15. The van der Waals surface area contributed by atoms with Crippen molar-refractivity contribution in [2.75, 3.05) is 0 Å². The second kappa shape index (κ2) is 3.57. The third-order valence-electron chi connectivity index (χ3n) is 0.503. The van der Waals surface area contributed by atoms with Crippen molar-refractivity contribution in [1.29, 1.82) is 0 Å². The van der Waals surface area contributed by atoms with Gasteiger partial charge in [-0.3, -0.25) is 0 Å². The van der Waals surface area contributed by atoms with Crippen LogP contribution >= 0.6 is 22.6 Å². The molecule has 0 bridgehead atoms. The van der Waals surface area contributed by atoms with Crippen LogP contribution in [-0.2, 0) is 0 Å². The minimum Gasteiger partial charge on any atom is -0.210 e. The molecule has 0 aromatic rings. The van der Waals surface area contributed by atoms with Crippen molar-refractivity contribution in [3.63, 3.8) is 0 Å². The van der Waals surface area contributed by atoms with Crippen LogP contribution in [0.2, 0.25) is 0 Å². The van der Waals surface area contributed by atoms with Crippen molar-refractivity contribution < 1.29 is 8.78 Å². The van der Waals surface area contributed by atoms with Crippen LogP contribution in [0.5, 0.6) is 0 Å². The fourth-order valence-electron chi connectivity index (χ4n) is 0.246. The Morgan fingerprint density at radius 2 is 2.00 bits per heavy atom. The first-order valence-corrected chi connectivity index (χ1v) is 3.29. The van der Waals surface area contributed by atoms with Gasteiger partial charge in [-0.15, -0.1) is 0 Å². The highest BCUT2D eigenvalue weighted by atomic mass is 127. The van der Waals surface area contributed by atoms with Gasteiger partial charge in [-0.05, 0) is 0 Å². The lowest BCUT2D eigenvalue weighted by molar-refractivity contribution is 0.140. The van der Waals surface area contributed by atoms with E-state index in [2.05, 4.69) is 0 Å². The van der Waals surface area contributed by atoms with E-state index in [0.29, 0.717) is 0 Å². The fourth-order valence-corrected chi connectivity index (χ4v) is 0.630. The quantitative estimate of drug-likeness (QED) is 0.495. The molecule has 0 aliphatic heterocycles. The molecule has 0 saturated heterocycles. The highest BCUT2D eigenvalue weighted by Crippen LogP contribution is 2.10. The second-order valence-electron chi connectivity index (χ2n) is 1.41. The van der Waals surface area contributed by atoms with E-state index in [1.807, 2.05) is 22.6 Å². The summed E-state index contributed by atoms with van der Waals surface area (Å²) < 4.78 is 22.7. The first kappa shape index (κ1) is 7.59. The van der Waals surface area contributed by atoms with Crippen LogP contribution in [0.15, 0.2) is 0 Å². The molecule has 3 heteroatoms. The summed E-state index contributed by atoms with van der Waals surface area (Å²) in [4.78, 5) is 0. The summed E-state index contributed by atoms with van der Waals surface area (Å²) in [7, 11) is 0. The summed E-state index contributed by atoms with van der Waals surface area (Å²) in [5.74, 6) is 0. The zero-order valence-electron chi connectivity index (χ0n) is 4.00. The molecule has 0 rings (SSSR count). The number of hydrogen-bond donors (Lipinski definition) is 0. The van der Waals surface area contributed by atoms with Crippen molar-refractivity contribution in [2.45, 2.75) is 23.7 Å². The minimum absolute atomic E-state index is 0.0144. The maximum absolute atomic E-state index is 11.3. The largest absolute Gasteiger partial charge is 0.239 e. The normalized spacial score (nSPS) is 15.0. The lowest BCUT2D eigenvalue weighted by atomic mass is 10.4. The molecule has 44 valence electrons. The van der Waals surface area contributed by atoms with E-state index in [9.17, 15) is 8.78 Å². The Bertz CT molecular complexity index is 39.0. The molecule has 0 fully saturated rings. The number of halogens is 3. The number of alkyl halides is 3. The van der Waals surface area contributed by atoms with Crippen LogP contribution < -0.4 is 0 Å². The van der Waals surface area contributed by atoms with Crippen molar-refractivity contribution in [1.82, 2.24) is 0 Å². The summed E-state index contributed by atoms with van der Waals surface area (Å²) in [6.45, 7) is 1.77. The molecular weight excluding hydrogens is 213 g/mol. The molecule has 0 amide bonds. The van der Waals surface area contributed by atoms with Crippen LogP contribution in [0.25, 0.3) is 0 Å². The molecule has 1 unspecified atom stereocenters. The van der Waals surface area contributed by atoms with E-state index in [1.54, 1.807) is 6.92 Å². The van der Waals surface area contributed by atoms with Gasteiger partial charge in [0.15, 0.2) is 0 Å². The van der Waals surface area contributed by atoms with Gasteiger partial charge in [0.1, 0.15) is 0 Å². The van der Waals surface area contributed by atoms with E-state index in [1.165, 1.54) is 0 Å². The van der Waals surface area contributed by atoms with Crippen LogP contribution in [0.1, 0.15) is 13.3 Å². The van der Waals surface area contributed by atoms with Crippen molar-refractivity contribution in [3.8, 4) is 0 Å². The topological polar surface area (TPSA) is 0 Å². The Morgan fingerprint density at radius 1 is 1.57 bits per heavy atom. The Morgan fingerprint density at radius 3 is 2.00 bits per heavy atom. The number of rotatable bonds is 2. The lowest BCUT2D eigenvalue weighted by Gasteiger charge is -1.97. The first-order valence-electron chi connectivity index (χ1n) is 2.05. The second-order valence-corrected chi connectivity index (χ2v) is 3.53. The molecule has 0 aromatic carbocycles. The molecule has 0 heterocycles. The van der Waals surface area contributed by atoms with E-state index < -0.39 is 6.43 Å². The van der Waals surface area contributed by atoms with Gasteiger partial charge in [0.2, 0.25) is 6.43 Å². The van der Waals surface area contributed by atoms with Gasteiger partial charge in [-0.2, -0.15) is 0 Å². The van der Waals surface area contributed by atoms with Crippen LogP contribution in [-0.4, -0.2) is 10.4 Å². The monoisotopic (exact) mass is 220 g/mol. The summed E-state index contributed by atoms with van der Waals surface area (Å²) in [5.41, 5.74) is 0. The summed E-state index contributed by atoms with van der Waals surface area (Å²) >= 11 is 1.98. The van der Waals surface area contributed by atoms with Gasteiger partial charge in [0.05, 0.1) is 0 Å². The smallest absolute Gasteiger partial charge is 0.210 e. The minimum atomic E-state index is -2.13. The molecule has 0 aromatic heterocycles. The maximum atomic E-state index is 11.3. The van der Waals surface area contributed by atoms with Crippen LogP contribution in [0.4, 0.5) is 8.78 Å². The van der Waals surface area contributed by atoms with Gasteiger partial charge >= 0.3 is 0 Å². The van der Waals surface area contributed by atoms with Crippen molar-refractivity contribution in [2.24, 2.45) is 0 Å². The third-order valence-corrected chi connectivity index (χ3v) is 1.01. The molecule has 0 N–H and O–H groups in total. The molecule has 0 spiro atoms. The summed E-state index contributed by atoms with van der Waals surface area (Å²) in [6.07, 6.45) is -2.12. The molecule has 1 atom stereocenters. The van der Waals surface area contributed by atoms with Gasteiger partial charge in [0.25, 0.3) is 0 Å². The van der Waals surface area contributed by atoms with Gasteiger partial charge in [-0.1, -0.05) is 29.5 Å². The third kappa shape index (κ3) is 6.59. The highest BCUT2D eigenvalue weighted by Gasteiger charge is 2.04. The summed E-state index contributed by atoms with van der Waals surface area (Å²) in [6, 6.07) is 0. The fraction of sp³-hybridized carbons (Fsp3) is 1.00. The SMILES string of the molecule is CC(I)CC(F)F. The molecule has 0 saturated carbocycles. The Kier molecular flexibility index (Phi) is 3.88. The standard InChI is InChI=1S/C4H7F2I/c1-3(7)2-4(5)6/h3-4H,2H2,1H3. The van der Waals surface area contributed by atoms with Gasteiger partial charge in [-0.25, -0.2) is 8.78 Å². The van der Waals surface area contributed by atoms with Crippen molar-refractivity contribution in [3.05, 3.63) is 0 Å². The molecule has 0 aliphatic rings.